The maximum atomic E-state index is 10.9. The van der Waals surface area contributed by atoms with Crippen LogP contribution in [0.4, 0.5) is 5.69 Å². The first-order valence-corrected chi connectivity index (χ1v) is 7.58. The van der Waals surface area contributed by atoms with Crippen LogP contribution in [-0.4, -0.2) is 39.0 Å². The van der Waals surface area contributed by atoms with E-state index >= 15 is 0 Å². The second kappa shape index (κ2) is 6.48. The largest absolute Gasteiger partial charge is 0.496 e. The molecule has 0 atom stereocenters. The Morgan fingerprint density at radius 1 is 1.37 bits per heavy atom. The summed E-state index contributed by atoms with van der Waals surface area (Å²) in [6.45, 7) is 0.636. The third-order valence-corrected chi connectivity index (χ3v) is 3.32. The molecule has 19 heavy (non-hydrogen) atoms. The highest BCUT2D eigenvalue weighted by atomic mass is 32.2. The fourth-order valence-electron chi connectivity index (χ4n) is 1.46. The highest BCUT2D eigenvalue weighted by Crippen LogP contribution is 2.22. The Morgan fingerprint density at radius 3 is 2.58 bits per heavy atom. The molecule has 0 aliphatic rings. The minimum Gasteiger partial charge on any atom is -0.496 e. The summed E-state index contributed by atoms with van der Waals surface area (Å²) in [5.41, 5.74) is 0.610. The normalized spacial score (nSPS) is 11.3. The van der Waals surface area contributed by atoms with Gasteiger partial charge in [-0.25, -0.2) is 8.42 Å². The number of benzene rings is 1. The maximum absolute atomic E-state index is 10.9. The third-order valence-electron chi connectivity index (χ3n) is 2.38. The minimum absolute atomic E-state index is 0.0268. The first kappa shape index (κ1) is 15.4. The second-order valence-corrected chi connectivity index (χ2v) is 6.36. The highest BCUT2D eigenvalue weighted by molar-refractivity contribution is 7.90. The number of nitro benzene ring substituents is 1. The van der Waals surface area contributed by atoms with Crippen LogP contribution in [0.3, 0.4) is 0 Å². The number of sulfone groups is 1. The van der Waals surface area contributed by atoms with E-state index in [-0.39, 0.29) is 11.4 Å². The molecule has 0 amide bonds. The van der Waals surface area contributed by atoms with Crippen molar-refractivity contribution in [3.63, 3.8) is 0 Å². The quantitative estimate of drug-likeness (QED) is 0.451. The van der Waals surface area contributed by atoms with Gasteiger partial charge in [-0.3, -0.25) is 10.1 Å². The number of hydrogen-bond acceptors (Lipinski definition) is 6. The lowest BCUT2D eigenvalue weighted by Crippen LogP contribution is -2.22. The molecule has 7 nitrogen and oxygen atoms in total. The lowest BCUT2D eigenvalue weighted by Gasteiger charge is -2.06. The highest BCUT2D eigenvalue weighted by Gasteiger charge is 2.10. The molecular weight excluding hydrogens is 272 g/mol. The van der Waals surface area contributed by atoms with Gasteiger partial charge in [0.25, 0.3) is 5.69 Å². The topological polar surface area (TPSA) is 98.5 Å². The molecule has 0 heterocycles. The van der Waals surface area contributed by atoms with Crippen molar-refractivity contribution >= 4 is 15.5 Å². The summed E-state index contributed by atoms with van der Waals surface area (Å²) in [6, 6.07) is 4.43. The number of non-ortho nitro benzene ring substituents is 1. The molecule has 0 aliphatic heterocycles. The van der Waals surface area contributed by atoms with E-state index in [0.29, 0.717) is 24.4 Å². The summed E-state index contributed by atoms with van der Waals surface area (Å²) < 4.78 is 26.9. The van der Waals surface area contributed by atoms with Crippen molar-refractivity contribution in [3.8, 4) is 5.75 Å². The summed E-state index contributed by atoms with van der Waals surface area (Å²) >= 11 is 0. The predicted octanol–water partition coefficient (Wildman–Crippen LogP) is 0.738. The molecule has 0 saturated heterocycles. The lowest BCUT2D eigenvalue weighted by molar-refractivity contribution is -0.385. The van der Waals surface area contributed by atoms with Crippen LogP contribution in [0.1, 0.15) is 5.56 Å². The van der Waals surface area contributed by atoms with Crippen molar-refractivity contribution < 1.29 is 18.1 Å². The van der Waals surface area contributed by atoms with E-state index in [1.807, 2.05) is 0 Å². The standard InChI is InChI=1S/C11H16N2O5S/c1-18-11-6-9(5-10(7-11)13(14)15)8-12-3-4-19(2,16)17/h5-7,12H,3-4,8H2,1-2H3. The van der Waals surface area contributed by atoms with E-state index in [4.69, 9.17) is 4.74 Å². The molecule has 0 spiro atoms. The molecule has 0 aromatic heterocycles. The smallest absolute Gasteiger partial charge is 0.273 e. The molecule has 0 aliphatic carbocycles. The Labute approximate surface area is 111 Å². The Balaban J connectivity index is 2.67. The van der Waals surface area contributed by atoms with Crippen LogP contribution >= 0.6 is 0 Å². The zero-order valence-corrected chi connectivity index (χ0v) is 11.6. The molecule has 8 heteroatoms. The van der Waals surface area contributed by atoms with E-state index in [2.05, 4.69) is 5.32 Å². The monoisotopic (exact) mass is 288 g/mol. The minimum atomic E-state index is -3.01. The maximum Gasteiger partial charge on any atom is 0.273 e. The zero-order valence-electron chi connectivity index (χ0n) is 10.8. The van der Waals surface area contributed by atoms with Gasteiger partial charge in [-0.2, -0.15) is 0 Å². The predicted molar refractivity (Wildman–Crippen MR) is 71.1 cm³/mol. The Bertz CT molecular complexity index is 556. The van der Waals surface area contributed by atoms with Crippen LogP contribution in [-0.2, 0) is 16.4 Å². The first-order chi connectivity index (χ1) is 8.81. The number of nitro groups is 1. The number of methoxy groups -OCH3 is 1. The summed E-state index contributed by atoms with van der Waals surface area (Å²) in [7, 11) is -1.58. The summed E-state index contributed by atoms with van der Waals surface area (Å²) in [5.74, 6) is 0.424. The Hall–Kier alpha value is -1.67. The second-order valence-electron chi connectivity index (χ2n) is 4.10. The van der Waals surface area contributed by atoms with Gasteiger partial charge in [-0.15, -0.1) is 0 Å². The van der Waals surface area contributed by atoms with Gasteiger partial charge in [0.15, 0.2) is 0 Å². The van der Waals surface area contributed by atoms with Gasteiger partial charge < -0.3 is 10.1 Å². The molecule has 0 fully saturated rings. The molecule has 106 valence electrons. The van der Waals surface area contributed by atoms with Crippen molar-refractivity contribution in [3.05, 3.63) is 33.9 Å². The van der Waals surface area contributed by atoms with Gasteiger partial charge in [0.2, 0.25) is 0 Å². The number of rotatable bonds is 7. The summed E-state index contributed by atoms with van der Waals surface area (Å²) in [4.78, 5) is 10.2. The zero-order chi connectivity index (χ0) is 14.5. The first-order valence-electron chi connectivity index (χ1n) is 5.52. The van der Waals surface area contributed by atoms with Crippen LogP contribution in [0.15, 0.2) is 18.2 Å². The van der Waals surface area contributed by atoms with E-state index < -0.39 is 14.8 Å². The van der Waals surface area contributed by atoms with Gasteiger partial charge in [-0.1, -0.05) is 0 Å². The van der Waals surface area contributed by atoms with Gasteiger partial charge in [0.1, 0.15) is 15.6 Å². The fourth-order valence-corrected chi connectivity index (χ4v) is 1.97. The van der Waals surface area contributed by atoms with Crippen LogP contribution in [0.2, 0.25) is 0 Å². The van der Waals surface area contributed by atoms with Crippen LogP contribution in [0.5, 0.6) is 5.75 Å². The van der Waals surface area contributed by atoms with Gasteiger partial charge in [-0.05, 0) is 11.6 Å². The molecule has 0 radical (unpaired) electrons. The summed E-state index contributed by atoms with van der Waals surface area (Å²) in [6.07, 6.45) is 1.16. The molecule has 0 saturated carbocycles. The number of nitrogens with one attached hydrogen (secondary N) is 1. The Kier molecular flexibility index (Phi) is 5.25. The lowest BCUT2D eigenvalue weighted by atomic mass is 10.2. The van der Waals surface area contributed by atoms with E-state index in [9.17, 15) is 18.5 Å². The van der Waals surface area contributed by atoms with Crippen LogP contribution in [0.25, 0.3) is 0 Å². The molecular formula is C11H16N2O5S. The number of hydrogen-bond donors (Lipinski definition) is 1. The average Bonchev–Trinajstić information content (AvgIpc) is 2.33. The SMILES string of the molecule is COc1cc(CNCCS(C)(=O)=O)cc([N+](=O)[O-])c1. The van der Waals surface area contributed by atoms with Crippen LogP contribution in [0, 0.1) is 10.1 Å². The fraction of sp³-hybridized carbons (Fsp3) is 0.455. The molecule has 1 aromatic carbocycles. The van der Waals surface area contributed by atoms with Crippen molar-refractivity contribution in [1.29, 1.82) is 0 Å². The number of ether oxygens (including phenoxy) is 1. The average molecular weight is 288 g/mol. The van der Waals surface area contributed by atoms with E-state index in [0.717, 1.165) is 6.26 Å². The van der Waals surface area contributed by atoms with Gasteiger partial charge >= 0.3 is 0 Å². The molecule has 0 bridgehead atoms. The van der Waals surface area contributed by atoms with Gasteiger partial charge in [0.05, 0.1) is 23.9 Å². The van der Waals surface area contributed by atoms with Crippen molar-refractivity contribution in [2.75, 3.05) is 25.7 Å². The van der Waals surface area contributed by atoms with Crippen molar-refractivity contribution in [1.82, 2.24) is 5.32 Å². The van der Waals surface area contributed by atoms with Crippen molar-refractivity contribution in [2.24, 2.45) is 0 Å². The van der Waals surface area contributed by atoms with Crippen LogP contribution < -0.4 is 10.1 Å². The van der Waals surface area contributed by atoms with E-state index in [1.165, 1.54) is 19.2 Å². The molecule has 0 unspecified atom stereocenters. The van der Waals surface area contributed by atoms with E-state index in [1.54, 1.807) is 6.07 Å². The summed E-state index contributed by atoms with van der Waals surface area (Å²) in [5, 5.41) is 13.7. The van der Waals surface area contributed by atoms with Crippen molar-refractivity contribution in [2.45, 2.75) is 6.54 Å². The Morgan fingerprint density at radius 2 is 2.05 bits per heavy atom. The number of nitrogens with zero attached hydrogens (tertiary/aromatic N) is 1. The molecule has 1 rings (SSSR count). The molecule has 1 aromatic rings. The van der Waals surface area contributed by atoms with Gasteiger partial charge in [0, 0.05) is 25.4 Å². The third kappa shape index (κ3) is 5.66. The molecule has 1 N–H and O–H groups in total.